The van der Waals surface area contributed by atoms with E-state index in [4.69, 9.17) is 0 Å². The number of rotatable bonds is 1. The van der Waals surface area contributed by atoms with Crippen LogP contribution in [0.1, 0.15) is 289 Å². The Balaban J connectivity index is -0.000000188. The second-order valence-corrected chi connectivity index (χ2v) is 30.7. The fourth-order valence-corrected chi connectivity index (χ4v) is 6.93. The topological polar surface area (TPSA) is 142 Å². The lowest BCUT2D eigenvalue weighted by molar-refractivity contribution is 0.736. The van der Waals surface area contributed by atoms with Gasteiger partial charge in [0.25, 0.3) is 0 Å². The van der Waals surface area contributed by atoms with E-state index in [-0.39, 0.29) is 0 Å². The summed E-state index contributed by atoms with van der Waals surface area (Å²) in [4.78, 5) is 44.8. The minimum atomic E-state index is 0.598. The summed E-state index contributed by atoms with van der Waals surface area (Å²) in [6, 6.07) is 20.2. The molecule has 11 heteroatoms. The van der Waals surface area contributed by atoms with Crippen molar-refractivity contribution in [3.8, 4) is 0 Å². The van der Waals surface area contributed by atoms with Crippen molar-refractivity contribution in [3.63, 3.8) is 0 Å². The van der Waals surface area contributed by atoms with Gasteiger partial charge < -0.3 is 0 Å². The molecule has 566 valence electrons. The van der Waals surface area contributed by atoms with Gasteiger partial charge in [0.2, 0.25) is 0 Å². The third kappa shape index (κ3) is 78.3. The standard InChI is InChI=1S/C12H19N.C9H13N.2C8H11N.C7H9N.2C6H8N2.C5H6N2.7C4H10/c1-7(2)12-8(3)10(5)13-11(6)9(12)4;1-6-5-7(2)10-9(4)8(6)3;1-6-4-7(2)9-8(3)5-6;1-6-4-5-7(2)9-8(6)3;1-6-4-3-5-7(2)8-6;1-5-3-7-4-8-6(5)2;1-5-3-6(2)8-4-7-5;1-5-2-3-6-4-7-5;7*1-4(2)3/h7H,1-6H3;5H,1-4H3;2*4-5H,1-3H3;3-5H,1-2H3;2*3-4H,1-2H3;2-4H,1H3;7*4H,1-3H3. The van der Waals surface area contributed by atoms with Gasteiger partial charge in [-0.25, -0.2) is 29.9 Å². The molecule has 0 unspecified atom stereocenters. The molecule has 0 aliphatic rings. The van der Waals surface area contributed by atoms with Gasteiger partial charge in [-0.1, -0.05) is 171 Å². The molecular formula is C89H155N11. The van der Waals surface area contributed by atoms with Crippen molar-refractivity contribution in [1.82, 2.24) is 54.8 Å². The number of aryl methyl sites for hydroxylation is 18. The summed E-state index contributed by atoms with van der Waals surface area (Å²) in [5.74, 6) is 6.43. The summed E-state index contributed by atoms with van der Waals surface area (Å²) in [6.07, 6.45) is 8.20. The Hall–Kier alpha value is -7.01. The first-order valence-electron chi connectivity index (χ1n) is 36.6. The van der Waals surface area contributed by atoms with Crippen molar-refractivity contribution < 1.29 is 0 Å². The lowest BCUT2D eigenvalue weighted by atomic mass is 9.92. The SMILES string of the molecule is CC(C)C.CC(C)C.CC(C)C.CC(C)C.CC(C)C.CC(C)C.CC(C)C.Cc1cc(C)c(C)c(C)n1.Cc1cc(C)nc(C)c1.Cc1cc(C)ncn1.Cc1ccc(C)c(C)n1.Cc1cccc(C)n1.Cc1ccncn1.Cc1cncnc1C.Cc1nc(C)c(C)c(C(C)C)c1C. The van der Waals surface area contributed by atoms with Crippen LogP contribution in [0.5, 0.6) is 0 Å². The molecule has 100 heavy (non-hydrogen) atoms. The third-order valence-corrected chi connectivity index (χ3v) is 11.3. The van der Waals surface area contributed by atoms with Crippen molar-refractivity contribution in [1.29, 1.82) is 0 Å². The predicted octanol–water partition coefficient (Wildman–Crippen LogP) is 26.1. The Bertz CT molecular complexity index is 2950. The van der Waals surface area contributed by atoms with Crippen LogP contribution in [0.2, 0.25) is 0 Å². The van der Waals surface area contributed by atoms with Gasteiger partial charge in [-0.2, -0.15) is 0 Å². The van der Waals surface area contributed by atoms with Crippen molar-refractivity contribution in [3.05, 3.63) is 216 Å². The maximum absolute atomic E-state index is 4.52. The van der Waals surface area contributed by atoms with E-state index in [1.54, 1.807) is 18.9 Å². The van der Waals surface area contributed by atoms with Gasteiger partial charge in [0, 0.05) is 92.1 Å². The molecule has 0 atom stereocenters. The number of hydrogen-bond donors (Lipinski definition) is 0. The van der Waals surface area contributed by atoms with E-state index in [9.17, 15) is 0 Å². The first kappa shape index (κ1) is 106. The maximum Gasteiger partial charge on any atom is 0.115 e. The number of pyridine rings is 5. The molecule has 0 aromatic carbocycles. The maximum atomic E-state index is 4.52. The fourth-order valence-electron chi connectivity index (χ4n) is 6.93. The van der Waals surface area contributed by atoms with Crippen LogP contribution in [0.3, 0.4) is 0 Å². The second-order valence-electron chi connectivity index (χ2n) is 30.7. The van der Waals surface area contributed by atoms with Crippen LogP contribution < -0.4 is 0 Å². The normalized spacial score (nSPS) is 9.52. The van der Waals surface area contributed by atoms with Crippen molar-refractivity contribution in [2.24, 2.45) is 41.4 Å². The monoisotopic (exact) mass is 1380 g/mol. The quantitative estimate of drug-likeness (QED) is 0.155. The molecule has 0 aliphatic heterocycles. The molecule has 8 aromatic rings. The van der Waals surface area contributed by atoms with Crippen LogP contribution in [0, 0.1) is 187 Å². The first-order valence-corrected chi connectivity index (χ1v) is 36.6. The molecule has 0 aliphatic carbocycles. The molecule has 0 radical (unpaired) electrons. The number of aromatic nitrogens is 11. The molecule has 11 nitrogen and oxygen atoms in total. The average Bonchev–Trinajstić information content (AvgIpc) is 0.816. The van der Waals surface area contributed by atoms with Gasteiger partial charge in [0.05, 0.1) is 0 Å². The summed E-state index contributed by atoms with van der Waals surface area (Å²) < 4.78 is 0. The van der Waals surface area contributed by atoms with E-state index >= 15 is 0 Å². The highest BCUT2D eigenvalue weighted by atomic mass is 14.8. The minimum Gasteiger partial charge on any atom is -0.258 e. The summed E-state index contributed by atoms with van der Waals surface area (Å²) in [7, 11) is 0. The molecule has 8 rings (SSSR count). The minimum absolute atomic E-state index is 0.598. The zero-order valence-corrected chi connectivity index (χ0v) is 73.2. The van der Waals surface area contributed by atoms with Gasteiger partial charge >= 0.3 is 0 Å². The molecular weight excluding hydrogens is 1220 g/mol. The summed E-state index contributed by atoms with van der Waals surface area (Å²) in [6.45, 7) is 92.8. The van der Waals surface area contributed by atoms with Gasteiger partial charge in [-0.15, -0.1) is 0 Å². The van der Waals surface area contributed by atoms with Crippen LogP contribution in [0.25, 0.3) is 0 Å². The smallest absolute Gasteiger partial charge is 0.115 e. The van der Waals surface area contributed by atoms with Crippen LogP contribution in [-0.4, -0.2) is 54.8 Å². The van der Waals surface area contributed by atoms with Crippen LogP contribution in [0.4, 0.5) is 0 Å². The lowest BCUT2D eigenvalue weighted by Gasteiger charge is -2.16. The molecule has 0 saturated heterocycles. The molecule has 0 amide bonds. The first-order chi connectivity index (χ1) is 45.8. The van der Waals surface area contributed by atoms with E-state index in [0.29, 0.717) is 5.92 Å². The number of nitrogens with zero attached hydrogens (tertiary/aromatic N) is 11. The van der Waals surface area contributed by atoms with Crippen molar-refractivity contribution in [2.75, 3.05) is 0 Å². The zero-order chi connectivity index (χ0) is 79.7. The van der Waals surface area contributed by atoms with Gasteiger partial charge in [-0.3, -0.25) is 24.9 Å². The second kappa shape index (κ2) is 64.1. The Kier molecular flexibility index (Phi) is 68.2. The van der Waals surface area contributed by atoms with E-state index in [1.165, 1.54) is 56.7 Å². The third-order valence-electron chi connectivity index (χ3n) is 11.3. The van der Waals surface area contributed by atoms with E-state index < -0.39 is 0 Å². The average molecular weight is 1380 g/mol. The van der Waals surface area contributed by atoms with Crippen molar-refractivity contribution >= 4 is 0 Å². The summed E-state index contributed by atoms with van der Waals surface area (Å²) >= 11 is 0. The molecule has 0 N–H and O–H groups in total. The molecule has 8 aromatic heterocycles. The highest BCUT2D eigenvalue weighted by molar-refractivity contribution is 5.40. The number of hydrogen-bond acceptors (Lipinski definition) is 11. The lowest BCUT2D eigenvalue weighted by Crippen LogP contribution is -2.03. The molecule has 0 bridgehead atoms. The summed E-state index contributed by atoms with van der Waals surface area (Å²) in [5.41, 5.74) is 25.9. The molecule has 0 spiro atoms. The highest BCUT2D eigenvalue weighted by Crippen LogP contribution is 2.26. The van der Waals surface area contributed by atoms with Gasteiger partial charge in [-0.05, 0) is 286 Å². The van der Waals surface area contributed by atoms with Gasteiger partial charge in [0.15, 0.2) is 0 Å². The fraction of sp³-hybridized carbons (Fsp3) is 0.584. The largest absolute Gasteiger partial charge is 0.258 e. The van der Waals surface area contributed by atoms with E-state index in [1.807, 2.05) is 126 Å². The van der Waals surface area contributed by atoms with E-state index in [2.05, 4.69) is 301 Å². The molecule has 0 saturated carbocycles. The summed E-state index contributed by atoms with van der Waals surface area (Å²) in [5, 5.41) is 0. The Morgan fingerprint density at radius 1 is 0.240 bits per heavy atom. The Labute approximate surface area is 619 Å². The Morgan fingerprint density at radius 2 is 0.580 bits per heavy atom. The van der Waals surface area contributed by atoms with Crippen LogP contribution in [0.15, 0.2) is 92.0 Å². The van der Waals surface area contributed by atoms with Crippen molar-refractivity contribution in [2.45, 2.75) is 311 Å². The van der Waals surface area contributed by atoms with Gasteiger partial charge in [0.1, 0.15) is 19.0 Å². The zero-order valence-electron chi connectivity index (χ0n) is 73.2. The van der Waals surface area contributed by atoms with E-state index in [0.717, 1.165) is 115 Å². The van der Waals surface area contributed by atoms with Crippen LogP contribution in [-0.2, 0) is 0 Å². The Morgan fingerprint density at radius 3 is 0.830 bits per heavy atom. The highest BCUT2D eigenvalue weighted by Gasteiger charge is 2.12. The predicted molar refractivity (Wildman–Crippen MR) is 444 cm³/mol. The molecule has 0 fully saturated rings. The van der Waals surface area contributed by atoms with Crippen LogP contribution >= 0.6 is 0 Å². The molecule has 8 heterocycles.